The Morgan fingerprint density at radius 3 is 3.04 bits per heavy atom. The van der Waals surface area contributed by atoms with E-state index in [9.17, 15) is 18.0 Å². The zero-order valence-electron chi connectivity index (χ0n) is 12.7. The molecule has 0 saturated carbocycles. The Kier molecular flexibility index (Phi) is 4.73. The second-order valence-corrected chi connectivity index (χ2v) is 5.49. The predicted octanol–water partition coefficient (Wildman–Crippen LogP) is 2.93. The number of alkyl halides is 2. The topological polar surface area (TPSA) is 56.1 Å². The molecule has 8 heteroatoms. The first-order valence-electron chi connectivity index (χ1n) is 7.58. The first-order valence-corrected chi connectivity index (χ1v) is 7.58. The van der Waals surface area contributed by atoms with Crippen molar-refractivity contribution in [2.75, 3.05) is 6.61 Å². The molecule has 0 spiro atoms. The molecule has 1 aliphatic heterocycles. The van der Waals surface area contributed by atoms with Crippen molar-refractivity contribution in [2.45, 2.75) is 31.9 Å². The second-order valence-electron chi connectivity index (χ2n) is 5.49. The van der Waals surface area contributed by atoms with Crippen LogP contribution in [0.1, 0.15) is 34.9 Å². The standard InChI is InChI=1S/C16H16F3N3O2/c17-11-4-1-3-10-12(5-2-8-24-15(10)11)20-16(23)13-6-7-22(21-13)9-14(18)19/h1,3-4,6-7,12,14H,2,5,8-9H2,(H,20,23)/t12-/m1/s1. The monoisotopic (exact) mass is 339 g/mol. The molecule has 24 heavy (non-hydrogen) atoms. The Bertz CT molecular complexity index is 733. The number of rotatable bonds is 4. The van der Waals surface area contributed by atoms with E-state index in [0.29, 0.717) is 25.0 Å². The lowest BCUT2D eigenvalue weighted by Gasteiger charge is -2.18. The van der Waals surface area contributed by atoms with Crippen LogP contribution in [-0.2, 0) is 6.54 Å². The van der Waals surface area contributed by atoms with Gasteiger partial charge in [0, 0.05) is 11.8 Å². The van der Waals surface area contributed by atoms with Crippen molar-refractivity contribution in [1.29, 1.82) is 0 Å². The molecule has 1 amide bonds. The first kappa shape index (κ1) is 16.4. The highest BCUT2D eigenvalue weighted by molar-refractivity contribution is 5.92. The van der Waals surface area contributed by atoms with Gasteiger partial charge in [0.15, 0.2) is 11.6 Å². The van der Waals surface area contributed by atoms with Gasteiger partial charge in [-0.15, -0.1) is 0 Å². The molecule has 0 bridgehead atoms. The molecule has 128 valence electrons. The van der Waals surface area contributed by atoms with Crippen LogP contribution in [0.5, 0.6) is 5.75 Å². The van der Waals surface area contributed by atoms with Gasteiger partial charge in [-0.1, -0.05) is 12.1 Å². The smallest absolute Gasteiger partial charge is 0.272 e. The lowest BCUT2D eigenvalue weighted by Crippen LogP contribution is -2.29. The maximum Gasteiger partial charge on any atom is 0.272 e. The van der Waals surface area contributed by atoms with Crippen LogP contribution in [0, 0.1) is 5.82 Å². The fourth-order valence-corrected chi connectivity index (χ4v) is 2.68. The van der Waals surface area contributed by atoms with Crippen molar-refractivity contribution in [3.63, 3.8) is 0 Å². The van der Waals surface area contributed by atoms with Gasteiger partial charge in [0.25, 0.3) is 12.3 Å². The lowest BCUT2D eigenvalue weighted by atomic mass is 10.0. The lowest BCUT2D eigenvalue weighted by molar-refractivity contribution is 0.0924. The summed E-state index contributed by atoms with van der Waals surface area (Å²) in [5.74, 6) is -0.830. The van der Waals surface area contributed by atoms with Gasteiger partial charge < -0.3 is 10.1 Å². The number of nitrogens with one attached hydrogen (secondary N) is 1. The van der Waals surface area contributed by atoms with Crippen molar-refractivity contribution >= 4 is 5.91 Å². The molecule has 1 N–H and O–H groups in total. The van der Waals surface area contributed by atoms with Crippen molar-refractivity contribution < 1.29 is 22.7 Å². The van der Waals surface area contributed by atoms with Crippen molar-refractivity contribution in [1.82, 2.24) is 15.1 Å². The molecule has 1 aromatic carbocycles. The summed E-state index contributed by atoms with van der Waals surface area (Å²) in [6, 6.07) is 5.50. The Morgan fingerprint density at radius 1 is 1.42 bits per heavy atom. The Balaban J connectivity index is 1.77. The van der Waals surface area contributed by atoms with Gasteiger partial charge in [-0.3, -0.25) is 9.48 Å². The molecule has 2 heterocycles. The number of fused-ring (bicyclic) bond motifs is 1. The average molecular weight is 339 g/mol. The molecule has 3 rings (SSSR count). The number of para-hydroxylation sites is 1. The van der Waals surface area contributed by atoms with Crippen LogP contribution in [0.2, 0.25) is 0 Å². The summed E-state index contributed by atoms with van der Waals surface area (Å²) >= 11 is 0. The maximum absolute atomic E-state index is 13.9. The minimum atomic E-state index is -2.55. The van der Waals surface area contributed by atoms with Gasteiger partial charge in [0.2, 0.25) is 0 Å². The molecular weight excluding hydrogens is 323 g/mol. The van der Waals surface area contributed by atoms with E-state index < -0.39 is 30.7 Å². The molecule has 0 fully saturated rings. The molecule has 5 nitrogen and oxygen atoms in total. The number of carbonyl (C=O) groups excluding carboxylic acids is 1. The Morgan fingerprint density at radius 2 is 2.25 bits per heavy atom. The van der Waals surface area contributed by atoms with E-state index in [1.165, 1.54) is 18.3 Å². The van der Waals surface area contributed by atoms with Gasteiger partial charge in [-0.05, 0) is 25.0 Å². The van der Waals surface area contributed by atoms with Crippen LogP contribution in [0.25, 0.3) is 0 Å². The molecule has 0 radical (unpaired) electrons. The number of benzene rings is 1. The number of halogens is 3. The number of aromatic nitrogens is 2. The third-order valence-corrected chi connectivity index (χ3v) is 3.76. The average Bonchev–Trinajstić information content (AvgIpc) is 2.89. The molecule has 1 aromatic heterocycles. The van der Waals surface area contributed by atoms with E-state index in [1.807, 2.05) is 0 Å². The minimum Gasteiger partial charge on any atom is -0.490 e. The fraction of sp³-hybridized carbons (Fsp3) is 0.375. The Hall–Kier alpha value is -2.51. The van der Waals surface area contributed by atoms with E-state index >= 15 is 0 Å². The van der Waals surface area contributed by atoms with Gasteiger partial charge in [0.1, 0.15) is 12.2 Å². The van der Waals surface area contributed by atoms with Gasteiger partial charge in [-0.25, -0.2) is 13.2 Å². The highest BCUT2D eigenvalue weighted by Crippen LogP contribution is 2.33. The minimum absolute atomic E-state index is 0.0405. The zero-order chi connectivity index (χ0) is 17.1. The van der Waals surface area contributed by atoms with Gasteiger partial charge >= 0.3 is 0 Å². The van der Waals surface area contributed by atoms with Crippen molar-refractivity contribution in [3.8, 4) is 5.75 Å². The summed E-state index contributed by atoms with van der Waals surface area (Å²) in [5, 5.41) is 6.61. The molecule has 0 aliphatic carbocycles. The van der Waals surface area contributed by atoms with Crippen LogP contribution >= 0.6 is 0 Å². The van der Waals surface area contributed by atoms with Crippen molar-refractivity contribution in [3.05, 3.63) is 47.5 Å². The van der Waals surface area contributed by atoms with Crippen molar-refractivity contribution in [2.24, 2.45) is 0 Å². The molecule has 0 saturated heterocycles. The summed E-state index contributed by atoms with van der Waals surface area (Å²) in [7, 11) is 0. The van der Waals surface area contributed by atoms with E-state index in [-0.39, 0.29) is 11.4 Å². The van der Waals surface area contributed by atoms with E-state index in [4.69, 9.17) is 4.74 Å². The number of amides is 1. The van der Waals surface area contributed by atoms with E-state index in [1.54, 1.807) is 12.1 Å². The summed E-state index contributed by atoms with van der Waals surface area (Å²) in [6.45, 7) is -0.206. The SMILES string of the molecule is O=C(N[C@@H]1CCCOc2c(F)cccc21)c1ccn(CC(F)F)n1. The van der Waals surface area contributed by atoms with Crippen LogP contribution in [0.4, 0.5) is 13.2 Å². The Labute approximate surface area is 136 Å². The number of ether oxygens (including phenoxy) is 1. The second kappa shape index (κ2) is 6.94. The largest absolute Gasteiger partial charge is 0.490 e. The summed E-state index contributed by atoms with van der Waals surface area (Å²) in [6.07, 6.45) is 0.0126. The van der Waals surface area contributed by atoms with Gasteiger partial charge in [0.05, 0.1) is 12.6 Å². The maximum atomic E-state index is 13.9. The quantitative estimate of drug-likeness (QED) is 0.932. The summed E-state index contributed by atoms with van der Waals surface area (Å²) in [4.78, 5) is 12.3. The van der Waals surface area contributed by atoms with Crippen LogP contribution in [0.3, 0.4) is 0 Å². The highest BCUT2D eigenvalue weighted by atomic mass is 19.3. The van der Waals surface area contributed by atoms with Crippen LogP contribution < -0.4 is 10.1 Å². The number of hydrogen-bond acceptors (Lipinski definition) is 3. The third-order valence-electron chi connectivity index (χ3n) is 3.76. The summed E-state index contributed by atoms with van der Waals surface area (Å²) in [5.41, 5.74) is 0.603. The number of hydrogen-bond donors (Lipinski definition) is 1. The van der Waals surface area contributed by atoms with Gasteiger partial charge in [-0.2, -0.15) is 5.10 Å². The molecule has 0 unspecified atom stereocenters. The highest BCUT2D eigenvalue weighted by Gasteiger charge is 2.24. The number of carbonyl (C=O) groups is 1. The zero-order valence-corrected chi connectivity index (χ0v) is 12.7. The van der Waals surface area contributed by atoms with E-state index in [2.05, 4.69) is 10.4 Å². The predicted molar refractivity (Wildman–Crippen MR) is 79.6 cm³/mol. The van der Waals surface area contributed by atoms with Crippen LogP contribution in [-0.4, -0.2) is 28.7 Å². The summed E-state index contributed by atoms with van der Waals surface area (Å²) < 4.78 is 45.0. The fourth-order valence-electron chi connectivity index (χ4n) is 2.68. The van der Waals surface area contributed by atoms with Crippen LogP contribution in [0.15, 0.2) is 30.5 Å². The molecule has 1 aliphatic rings. The molecule has 2 aromatic rings. The molecule has 1 atom stereocenters. The first-order chi connectivity index (χ1) is 11.5. The number of nitrogens with zero attached hydrogens (tertiary/aromatic N) is 2. The van der Waals surface area contributed by atoms with E-state index in [0.717, 1.165) is 4.68 Å². The third kappa shape index (κ3) is 3.52. The normalized spacial score (nSPS) is 17.1. The molecular formula is C16H16F3N3O2.